The van der Waals surface area contributed by atoms with Gasteiger partial charge in [0.25, 0.3) is 0 Å². The largest absolute Gasteiger partial charge is 0.491 e. The minimum absolute atomic E-state index is 0.188. The van der Waals surface area contributed by atoms with E-state index in [2.05, 4.69) is 5.32 Å². The van der Waals surface area contributed by atoms with Crippen LogP contribution in [-0.2, 0) is 15.7 Å². The van der Waals surface area contributed by atoms with Gasteiger partial charge in [0, 0.05) is 11.4 Å². The Morgan fingerprint density at radius 3 is 2.62 bits per heavy atom. The Bertz CT molecular complexity index is 989. The van der Waals surface area contributed by atoms with Crippen LogP contribution in [0.4, 0.5) is 29.3 Å². The fourth-order valence-corrected chi connectivity index (χ4v) is 3.32. The lowest BCUT2D eigenvalue weighted by Gasteiger charge is -2.23. The van der Waals surface area contributed by atoms with Crippen molar-refractivity contribution in [2.45, 2.75) is 32.4 Å². The average Bonchev–Trinajstić information content (AvgIpc) is 3.13. The Morgan fingerprint density at radius 2 is 2.00 bits per heavy atom. The van der Waals surface area contributed by atoms with Crippen LogP contribution in [0.3, 0.4) is 0 Å². The van der Waals surface area contributed by atoms with E-state index in [9.17, 15) is 18.0 Å². The molecule has 0 saturated carbocycles. The number of hydrogen-bond donors (Lipinski definition) is 1. The highest BCUT2D eigenvalue weighted by Crippen LogP contribution is 2.36. The Hall–Kier alpha value is -3.45. The van der Waals surface area contributed by atoms with Gasteiger partial charge in [-0.3, -0.25) is 5.32 Å². The van der Waals surface area contributed by atoms with Crippen LogP contribution in [0, 0.1) is 11.3 Å². The highest BCUT2D eigenvalue weighted by atomic mass is 19.4. The number of anilines is 2. The van der Waals surface area contributed by atoms with Gasteiger partial charge in [-0.05, 0) is 56.3 Å². The third-order valence-electron chi connectivity index (χ3n) is 4.80. The molecule has 0 unspecified atom stereocenters. The summed E-state index contributed by atoms with van der Waals surface area (Å²) in [6, 6.07) is 11.9. The number of hydrogen-bond acceptors (Lipinski definition) is 6. The quantitative estimate of drug-likeness (QED) is 0.684. The van der Waals surface area contributed by atoms with Crippen molar-refractivity contribution in [1.82, 2.24) is 0 Å². The average molecular weight is 449 g/mol. The number of rotatable bonds is 6. The fourth-order valence-electron chi connectivity index (χ4n) is 3.32. The van der Waals surface area contributed by atoms with E-state index < -0.39 is 29.6 Å². The van der Waals surface area contributed by atoms with Gasteiger partial charge >= 0.3 is 12.3 Å². The van der Waals surface area contributed by atoms with Crippen molar-refractivity contribution in [3.05, 3.63) is 53.6 Å². The van der Waals surface area contributed by atoms with Gasteiger partial charge in [0.15, 0.2) is 0 Å². The Labute approximate surface area is 183 Å². The van der Waals surface area contributed by atoms with Crippen molar-refractivity contribution < 1.29 is 32.2 Å². The molecule has 0 bridgehead atoms. The topological polar surface area (TPSA) is 83.8 Å². The zero-order chi connectivity index (χ0) is 23.3. The molecule has 7 nitrogen and oxygen atoms in total. The molecule has 3 rings (SSSR count). The molecule has 32 heavy (non-hydrogen) atoms. The molecule has 1 heterocycles. The van der Waals surface area contributed by atoms with Crippen molar-refractivity contribution in [3.8, 4) is 11.8 Å². The molecule has 1 amide bonds. The predicted octanol–water partition coefficient (Wildman–Crippen LogP) is 4.78. The number of benzene rings is 2. The number of alkyl halides is 3. The van der Waals surface area contributed by atoms with E-state index in [4.69, 9.17) is 19.5 Å². The number of amides is 1. The Balaban J connectivity index is 1.60. The van der Waals surface area contributed by atoms with Gasteiger partial charge in [-0.15, -0.1) is 0 Å². The van der Waals surface area contributed by atoms with E-state index in [1.54, 1.807) is 49.1 Å². The maximum Gasteiger partial charge on any atom is 0.417 e. The summed E-state index contributed by atoms with van der Waals surface area (Å²) in [4.78, 5) is 13.1. The van der Waals surface area contributed by atoms with E-state index in [1.807, 2.05) is 0 Å². The highest BCUT2D eigenvalue weighted by molar-refractivity contribution is 5.84. The first kappa shape index (κ1) is 23.2. The molecular formula is C22H22F3N3O4. The van der Waals surface area contributed by atoms with E-state index in [0.717, 1.165) is 6.07 Å². The SMILES string of the molecule is CCOC(=O)Nc1ccc(OC[C@@H]2CN(c3ccc(C#N)c(C(F)(F)F)c3)[C@@H](C)O2)cc1. The number of nitrogens with one attached hydrogen (secondary N) is 1. The number of nitrogens with zero attached hydrogens (tertiary/aromatic N) is 2. The molecule has 0 aromatic heterocycles. The molecule has 0 aliphatic carbocycles. The fraction of sp³-hybridized carbons (Fsp3) is 0.364. The summed E-state index contributed by atoms with van der Waals surface area (Å²) < 4.78 is 56.2. The van der Waals surface area contributed by atoms with E-state index in [-0.39, 0.29) is 19.3 Å². The van der Waals surface area contributed by atoms with Crippen molar-refractivity contribution in [2.24, 2.45) is 0 Å². The predicted molar refractivity (Wildman–Crippen MR) is 110 cm³/mol. The smallest absolute Gasteiger partial charge is 0.417 e. The zero-order valence-corrected chi connectivity index (χ0v) is 17.5. The van der Waals surface area contributed by atoms with Crippen LogP contribution in [0.1, 0.15) is 25.0 Å². The summed E-state index contributed by atoms with van der Waals surface area (Å²) in [6.45, 7) is 4.23. The second-order valence-corrected chi connectivity index (χ2v) is 7.03. The number of carbonyl (C=O) groups is 1. The van der Waals surface area contributed by atoms with Crippen molar-refractivity contribution in [3.63, 3.8) is 0 Å². The number of nitriles is 1. The molecule has 1 aliphatic rings. The lowest BCUT2D eigenvalue weighted by Crippen LogP contribution is -2.28. The normalized spacial score (nSPS) is 18.2. The summed E-state index contributed by atoms with van der Waals surface area (Å²) in [6.07, 6.45) is -6.01. The molecule has 1 saturated heterocycles. The Morgan fingerprint density at radius 1 is 1.28 bits per heavy atom. The molecule has 1 N–H and O–H groups in total. The van der Waals surface area contributed by atoms with Gasteiger partial charge in [-0.2, -0.15) is 18.4 Å². The van der Waals surface area contributed by atoms with E-state index in [1.165, 1.54) is 12.1 Å². The summed E-state index contributed by atoms with van der Waals surface area (Å²) in [5.41, 5.74) is -0.523. The minimum atomic E-state index is -4.62. The van der Waals surface area contributed by atoms with Crippen LogP contribution in [0.2, 0.25) is 0 Å². The monoisotopic (exact) mass is 449 g/mol. The van der Waals surface area contributed by atoms with Crippen molar-refractivity contribution >= 4 is 17.5 Å². The standard InChI is InChI=1S/C22H22F3N3O4/c1-3-30-21(29)27-16-5-8-18(9-6-16)31-13-19-12-28(14(2)32-19)17-7-4-15(11-26)20(10-17)22(23,24)25/h4-10,14,19H,3,12-13H2,1-2H3,(H,27,29)/t14-,19+/m1/s1. The number of carbonyl (C=O) groups excluding carboxylic acids is 1. The third-order valence-corrected chi connectivity index (χ3v) is 4.80. The number of halogens is 3. The molecule has 1 fully saturated rings. The van der Waals surface area contributed by atoms with Crippen LogP contribution < -0.4 is 15.0 Å². The number of ether oxygens (including phenoxy) is 3. The molecule has 2 atom stereocenters. The first-order valence-electron chi connectivity index (χ1n) is 9.91. The summed E-state index contributed by atoms with van der Waals surface area (Å²) >= 11 is 0. The van der Waals surface area contributed by atoms with Gasteiger partial charge in [-0.1, -0.05) is 0 Å². The second kappa shape index (κ2) is 9.78. The highest BCUT2D eigenvalue weighted by Gasteiger charge is 2.36. The third kappa shape index (κ3) is 5.62. The van der Waals surface area contributed by atoms with Crippen molar-refractivity contribution in [1.29, 1.82) is 5.26 Å². The lowest BCUT2D eigenvalue weighted by molar-refractivity contribution is -0.137. The van der Waals surface area contributed by atoms with Gasteiger partial charge in [0.1, 0.15) is 24.7 Å². The maximum absolute atomic E-state index is 13.3. The summed E-state index contributed by atoms with van der Waals surface area (Å²) in [7, 11) is 0. The van der Waals surface area contributed by atoms with Gasteiger partial charge in [-0.25, -0.2) is 4.79 Å². The zero-order valence-electron chi connectivity index (χ0n) is 17.5. The first-order valence-corrected chi connectivity index (χ1v) is 9.91. The molecule has 0 spiro atoms. The molecule has 2 aromatic rings. The van der Waals surface area contributed by atoms with Gasteiger partial charge < -0.3 is 19.1 Å². The summed E-state index contributed by atoms with van der Waals surface area (Å²) in [5.74, 6) is 0.548. The van der Waals surface area contributed by atoms with Crippen LogP contribution in [0.15, 0.2) is 42.5 Å². The van der Waals surface area contributed by atoms with Gasteiger partial charge in [0.05, 0.1) is 30.3 Å². The second-order valence-electron chi connectivity index (χ2n) is 7.03. The van der Waals surface area contributed by atoms with Gasteiger partial charge in [0.2, 0.25) is 0 Å². The molecule has 2 aromatic carbocycles. The van der Waals surface area contributed by atoms with Crippen LogP contribution >= 0.6 is 0 Å². The Kier molecular flexibility index (Phi) is 7.10. The molecular weight excluding hydrogens is 427 g/mol. The molecule has 170 valence electrons. The molecule has 1 aliphatic heterocycles. The van der Waals surface area contributed by atoms with Crippen molar-refractivity contribution in [2.75, 3.05) is 30.0 Å². The lowest BCUT2D eigenvalue weighted by atomic mass is 10.1. The van der Waals surface area contributed by atoms with E-state index >= 15 is 0 Å². The summed E-state index contributed by atoms with van der Waals surface area (Å²) in [5, 5.41) is 11.5. The minimum Gasteiger partial charge on any atom is -0.491 e. The molecule has 0 radical (unpaired) electrons. The maximum atomic E-state index is 13.3. The first-order chi connectivity index (χ1) is 15.2. The van der Waals surface area contributed by atoms with E-state index in [0.29, 0.717) is 23.7 Å². The van der Waals surface area contributed by atoms with Crippen LogP contribution in [0.25, 0.3) is 0 Å². The van der Waals surface area contributed by atoms with Crippen LogP contribution in [-0.4, -0.2) is 38.2 Å². The van der Waals surface area contributed by atoms with Crippen LogP contribution in [0.5, 0.6) is 5.75 Å². The molecule has 10 heteroatoms.